The minimum Gasteiger partial charge on any atom is -0.496 e. The summed E-state index contributed by atoms with van der Waals surface area (Å²) >= 11 is 7.69. The Balaban J connectivity index is 1.21. The average Bonchev–Trinajstić information content (AvgIpc) is 3.60. The molecule has 1 aromatic heterocycles. The van der Waals surface area contributed by atoms with Gasteiger partial charge in [0.2, 0.25) is 5.91 Å². The van der Waals surface area contributed by atoms with Gasteiger partial charge in [-0.3, -0.25) is 9.59 Å². The van der Waals surface area contributed by atoms with Gasteiger partial charge in [0.05, 0.1) is 34.0 Å². The lowest BCUT2D eigenvalue weighted by Gasteiger charge is -2.12. The molecule has 1 aliphatic heterocycles. The summed E-state index contributed by atoms with van der Waals surface area (Å²) in [7, 11) is -2.41. The van der Waals surface area contributed by atoms with Gasteiger partial charge in [-0.1, -0.05) is 41.4 Å². The van der Waals surface area contributed by atoms with Crippen LogP contribution in [-0.2, 0) is 26.0 Å². The Bertz CT molecular complexity index is 1820. The predicted molar refractivity (Wildman–Crippen MR) is 166 cm³/mol. The normalized spacial score (nSPS) is 14.1. The highest BCUT2D eigenvalue weighted by Crippen LogP contribution is 2.35. The van der Waals surface area contributed by atoms with Crippen LogP contribution in [0.25, 0.3) is 11.8 Å². The van der Waals surface area contributed by atoms with Crippen LogP contribution < -0.4 is 14.8 Å². The van der Waals surface area contributed by atoms with Crippen LogP contribution in [0.15, 0.2) is 100.0 Å². The summed E-state index contributed by atoms with van der Waals surface area (Å²) < 4.78 is 34.5. The molecule has 0 radical (unpaired) electrons. The summed E-state index contributed by atoms with van der Waals surface area (Å²) in [6.07, 6.45) is 5.31. The number of thioether (sulfide) groups is 1. The third-order valence-corrected chi connectivity index (χ3v) is 8.83. The molecule has 2 amide bonds. The molecule has 5 rings (SSSR count). The molecule has 0 fully saturated rings. The fourth-order valence-corrected chi connectivity index (χ4v) is 6.20. The number of ether oxygens (including phenoxy) is 1. The summed E-state index contributed by atoms with van der Waals surface area (Å²) in [5.74, 6) is -0.501. The molecule has 0 aliphatic carbocycles. The number of aryl methyl sites for hydroxylation is 1. The highest BCUT2D eigenvalue weighted by atomic mass is 35.5. The second-order valence-electron chi connectivity index (χ2n) is 9.31. The molecule has 0 saturated heterocycles. The summed E-state index contributed by atoms with van der Waals surface area (Å²) in [5.41, 5.74) is 3.55. The molecule has 0 saturated carbocycles. The monoisotopic (exact) mass is 620 g/mol. The summed E-state index contributed by atoms with van der Waals surface area (Å²) in [6.45, 7) is 1.85. The van der Waals surface area contributed by atoms with Crippen molar-refractivity contribution in [1.82, 2.24) is 9.29 Å². The average molecular weight is 621 g/mol. The van der Waals surface area contributed by atoms with Crippen LogP contribution in [0.3, 0.4) is 0 Å². The first kappa shape index (κ1) is 29.2. The molecule has 0 spiro atoms. The van der Waals surface area contributed by atoms with E-state index in [4.69, 9.17) is 16.3 Å². The zero-order valence-electron chi connectivity index (χ0n) is 22.5. The van der Waals surface area contributed by atoms with Gasteiger partial charge in [-0.2, -0.15) is 4.99 Å². The van der Waals surface area contributed by atoms with E-state index in [9.17, 15) is 18.0 Å². The lowest BCUT2D eigenvalue weighted by atomic mass is 10.1. The van der Waals surface area contributed by atoms with Gasteiger partial charge in [0, 0.05) is 29.7 Å². The van der Waals surface area contributed by atoms with Gasteiger partial charge in [0.25, 0.3) is 15.9 Å². The number of halogens is 1. The van der Waals surface area contributed by atoms with Crippen LogP contribution in [-0.4, -0.2) is 37.1 Å². The first-order chi connectivity index (χ1) is 20.1. The Labute approximate surface area is 252 Å². The van der Waals surface area contributed by atoms with E-state index in [2.05, 4.69) is 15.0 Å². The van der Waals surface area contributed by atoms with Crippen LogP contribution in [0.2, 0.25) is 5.02 Å². The maximum Gasteiger partial charge on any atom is 0.286 e. The number of amides is 2. The largest absolute Gasteiger partial charge is 0.496 e. The third kappa shape index (κ3) is 6.76. The minimum atomic E-state index is -3.96. The van der Waals surface area contributed by atoms with Crippen molar-refractivity contribution in [1.29, 1.82) is 0 Å². The fourth-order valence-electron chi connectivity index (χ4n) is 4.12. The molecule has 42 heavy (non-hydrogen) atoms. The number of nitrogens with one attached hydrogen (secondary N) is 2. The van der Waals surface area contributed by atoms with Crippen molar-refractivity contribution in [2.24, 2.45) is 4.99 Å². The number of hydrogen-bond acceptors (Lipinski definition) is 7. The van der Waals surface area contributed by atoms with E-state index in [0.29, 0.717) is 37.7 Å². The molecule has 0 unspecified atom stereocenters. The minimum absolute atomic E-state index is 0.0225. The van der Waals surface area contributed by atoms with Gasteiger partial charge < -0.3 is 14.6 Å². The number of benzene rings is 3. The smallest absolute Gasteiger partial charge is 0.286 e. The number of hydrogen-bond donors (Lipinski definition) is 2. The number of sulfonamides is 1. The Morgan fingerprint density at radius 3 is 2.43 bits per heavy atom. The van der Waals surface area contributed by atoms with Crippen molar-refractivity contribution in [2.45, 2.75) is 18.2 Å². The van der Waals surface area contributed by atoms with E-state index in [1.54, 1.807) is 61.7 Å². The Morgan fingerprint density at radius 2 is 1.76 bits per heavy atom. The van der Waals surface area contributed by atoms with E-state index >= 15 is 0 Å². The van der Waals surface area contributed by atoms with Gasteiger partial charge >= 0.3 is 0 Å². The van der Waals surface area contributed by atoms with Gasteiger partial charge in [-0.05, 0) is 72.8 Å². The van der Waals surface area contributed by atoms with Gasteiger partial charge in [0.1, 0.15) is 5.75 Å². The van der Waals surface area contributed by atoms with E-state index < -0.39 is 21.8 Å². The fraction of sp³-hybridized carbons (Fsp3) is 0.100. The molecule has 0 bridgehead atoms. The quantitative estimate of drug-likeness (QED) is 0.247. The van der Waals surface area contributed by atoms with Crippen LogP contribution in [0.4, 0.5) is 5.69 Å². The lowest BCUT2D eigenvalue weighted by molar-refractivity contribution is -0.118. The molecule has 2 N–H and O–H groups in total. The van der Waals surface area contributed by atoms with Gasteiger partial charge in [0.15, 0.2) is 5.17 Å². The third-order valence-electron chi connectivity index (χ3n) is 6.24. The van der Waals surface area contributed by atoms with Crippen molar-refractivity contribution in [3.8, 4) is 11.4 Å². The maximum atomic E-state index is 12.6. The second-order valence-corrected chi connectivity index (χ2v) is 12.4. The second kappa shape index (κ2) is 12.3. The summed E-state index contributed by atoms with van der Waals surface area (Å²) in [4.78, 5) is 29.6. The number of aliphatic imine (C=N–C) groups is 1. The number of nitrogens with zero attached hydrogens (tertiary/aromatic N) is 2. The van der Waals surface area contributed by atoms with E-state index in [1.807, 2.05) is 36.0 Å². The number of anilines is 1. The van der Waals surface area contributed by atoms with Crippen LogP contribution >= 0.6 is 23.4 Å². The number of aromatic nitrogens is 1. The first-order valence-corrected chi connectivity index (χ1v) is 15.3. The van der Waals surface area contributed by atoms with Crippen LogP contribution in [0.1, 0.15) is 16.7 Å². The molecule has 214 valence electrons. The van der Waals surface area contributed by atoms with Crippen molar-refractivity contribution < 1.29 is 22.7 Å². The SMILES string of the molecule is COc1cc(-n2cccc2)c(Cl)cc1C=C1SC(Nc2ccc(CC(=O)NS(=O)(=O)c3ccc(C)cc3)cc2)=NC1=O. The first-order valence-electron chi connectivity index (χ1n) is 12.6. The van der Waals surface area contributed by atoms with Gasteiger partial charge in [-0.25, -0.2) is 13.1 Å². The van der Waals surface area contributed by atoms with E-state index in [1.165, 1.54) is 23.9 Å². The molecule has 4 aromatic rings. The Kier molecular flexibility index (Phi) is 8.53. The van der Waals surface area contributed by atoms with Crippen molar-refractivity contribution in [3.63, 3.8) is 0 Å². The summed E-state index contributed by atoms with van der Waals surface area (Å²) in [6, 6.07) is 20.4. The van der Waals surface area contributed by atoms with E-state index in [0.717, 1.165) is 11.3 Å². The molecule has 1 aliphatic rings. The number of carbonyl (C=O) groups excluding carboxylic acids is 2. The maximum absolute atomic E-state index is 12.6. The highest BCUT2D eigenvalue weighted by Gasteiger charge is 2.23. The zero-order chi connectivity index (χ0) is 29.9. The standard InChI is InChI=1S/C30H25ClN4O5S2/c1-19-5-11-23(12-6-19)42(38,39)34-28(36)15-20-7-9-22(10-8-20)32-30-33-29(37)27(41-30)17-21-16-24(31)25(18-26(21)40-2)35-13-3-4-14-35/h3-14,16-18H,15H2,1-2H3,(H,34,36)(H,32,33,37). The van der Waals surface area contributed by atoms with Crippen molar-refractivity contribution >= 4 is 62.1 Å². The molecule has 12 heteroatoms. The lowest BCUT2D eigenvalue weighted by Crippen LogP contribution is -2.31. The number of rotatable bonds is 8. The molecule has 2 heterocycles. The topological polar surface area (TPSA) is 119 Å². The van der Waals surface area contributed by atoms with Crippen molar-refractivity contribution in [3.05, 3.63) is 112 Å². The molecule has 9 nitrogen and oxygen atoms in total. The Morgan fingerprint density at radius 1 is 1.07 bits per heavy atom. The number of amidine groups is 1. The molecule has 3 aromatic carbocycles. The van der Waals surface area contributed by atoms with E-state index in [-0.39, 0.29) is 11.3 Å². The molecular formula is C30H25ClN4O5S2. The van der Waals surface area contributed by atoms with Crippen molar-refractivity contribution in [2.75, 3.05) is 12.4 Å². The molecule has 0 atom stereocenters. The predicted octanol–water partition coefficient (Wildman–Crippen LogP) is 5.58. The summed E-state index contributed by atoms with van der Waals surface area (Å²) in [5, 5.41) is 3.97. The van der Waals surface area contributed by atoms with Gasteiger partial charge in [-0.15, -0.1) is 0 Å². The van der Waals surface area contributed by atoms with Crippen LogP contribution in [0, 0.1) is 6.92 Å². The number of carbonyl (C=O) groups is 2. The highest BCUT2D eigenvalue weighted by molar-refractivity contribution is 8.18. The zero-order valence-corrected chi connectivity index (χ0v) is 24.9. The number of methoxy groups -OCH3 is 1. The Hall–Kier alpha value is -4.32. The molecular weight excluding hydrogens is 596 g/mol. The van der Waals surface area contributed by atoms with Crippen LogP contribution in [0.5, 0.6) is 5.75 Å².